The second-order valence-electron chi connectivity index (χ2n) is 5.53. The number of nitro benzene ring substituents is 1. The molecule has 0 aliphatic carbocycles. The highest BCUT2D eigenvalue weighted by Gasteiger charge is 2.28. The number of hydrogen-bond acceptors (Lipinski definition) is 7. The molecule has 1 aliphatic heterocycles. The molecule has 1 fully saturated rings. The first-order valence-corrected chi connectivity index (χ1v) is 9.41. The molecular weight excluding hydrogens is 372 g/mol. The monoisotopic (exact) mass is 386 g/mol. The van der Waals surface area contributed by atoms with Gasteiger partial charge in [0.2, 0.25) is 10.0 Å². The van der Waals surface area contributed by atoms with Crippen molar-refractivity contribution >= 4 is 33.0 Å². The molecule has 2 heterocycles. The van der Waals surface area contributed by atoms with Crippen molar-refractivity contribution < 1.29 is 17.9 Å². The first kappa shape index (κ1) is 17.6. The Bertz CT molecular complexity index is 863. The lowest BCUT2D eigenvalue weighted by Gasteiger charge is -2.35. The van der Waals surface area contributed by atoms with E-state index in [1.807, 2.05) is 4.90 Å². The lowest BCUT2D eigenvalue weighted by atomic mass is 10.2. The zero-order valence-electron chi connectivity index (χ0n) is 13.0. The van der Waals surface area contributed by atoms with Crippen LogP contribution in [0.5, 0.6) is 0 Å². The fourth-order valence-electron chi connectivity index (χ4n) is 2.66. The molecule has 0 unspecified atom stereocenters. The SMILES string of the molecule is O=[N+]([O-])c1ccc(N2CCN(S(=O)(=O)Cc3ccon3)CC2)c(Cl)c1. The van der Waals surface area contributed by atoms with Gasteiger partial charge >= 0.3 is 0 Å². The highest BCUT2D eigenvalue weighted by molar-refractivity contribution is 7.88. The van der Waals surface area contributed by atoms with Crippen molar-refractivity contribution in [3.05, 3.63) is 51.4 Å². The summed E-state index contributed by atoms with van der Waals surface area (Å²) in [6, 6.07) is 5.78. The van der Waals surface area contributed by atoms with Crippen LogP contribution in [0.4, 0.5) is 11.4 Å². The van der Waals surface area contributed by atoms with Gasteiger partial charge in [0.1, 0.15) is 12.0 Å². The van der Waals surface area contributed by atoms with Gasteiger partial charge in [-0.05, 0) is 6.07 Å². The number of halogens is 1. The number of nitrogens with zero attached hydrogens (tertiary/aromatic N) is 4. The van der Waals surface area contributed by atoms with Crippen LogP contribution in [0.1, 0.15) is 5.69 Å². The predicted octanol–water partition coefficient (Wildman–Crippen LogP) is 1.89. The van der Waals surface area contributed by atoms with Crippen LogP contribution < -0.4 is 4.90 Å². The minimum atomic E-state index is -3.48. The molecule has 0 bridgehead atoms. The average molecular weight is 387 g/mol. The van der Waals surface area contributed by atoms with E-state index in [4.69, 9.17) is 11.6 Å². The van der Waals surface area contributed by atoms with Gasteiger partial charge in [-0.3, -0.25) is 10.1 Å². The first-order chi connectivity index (χ1) is 11.9. The zero-order chi connectivity index (χ0) is 18.0. The topological polar surface area (TPSA) is 110 Å². The molecule has 11 heteroatoms. The third-order valence-electron chi connectivity index (χ3n) is 3.94. The van der Waals surface area contributed by atoms with Gasteiger partial charge in [-0.25, -0.2) is 8.42 Å². The molecule has 9 nitrogen and oxygen atoms in total. The number of rotatable bonds is 5. The maximum atomic E-state index is 12.4. The summed E-state index contributed by atoms with van der Waals surface area (Å²) < 4.78 is 30.9. The summed E-state index contributed by atoms with van der Waals surface area (Å²) >= 11 is 6.13. The molecule has 0 N–H and O–H groups in total. The summed E-state index contributed by atoms with van der Waals surface area (Å²) in [6.45, 7) is 1.48. The molecule has 134 valence electrons. The van der Waals surface area contributed by atoms with Gasteiger partial charge in [-0.2, -0.15) is 4.31 Å². The van der Waals surface area contributed by atoms with Crippen LogP contribution in [0.25, 0.3) is 0 Å². The van der Waals surface area contributed by atoms with Crippen molar-refractivity contribution in [3.8, 4) is 0 Å². The molecule has 0 saturated carbocycles. The van der Waals surface area contributed by atoms with Crippen molar-refractivity contribution in [2.75, 3.05) is 31.1 Å². The van der Waals surface area contributed by atoms with Crippen molar-refractivity contribution in [1.82, 2.24) is 9.46 Å². The molecular formula is C14H15ClN4O5S. The van der Waals surface area contributed by atoms with Crippen LogP contribution in [0.15, 0.2) is 35.1 Å². The van der Waals surface area contributed by atoms with Crippen LogP contribution in [-0.2, 0) is 15.8 Å². The normalized spacial score (nSPS) is 16.1. The molecule has 0 atom stereocenters. The van der Waals surface area contributed by atoms with Gasteiger partial charge in [-0.15, -0.1) is 0 Å². The fourth-order valence-corrected chi connectivity index (χ4v) is 4.38. The van der Waals surface area contributed by atoms with Gasteiger partial charge in [-0.1, -0.05) is 16.8 Å². The Morgan fingerprint density at radius 3 is 2.52 bits per heavy atom. The Labute approximate surface area is 149 Å². The number of nitro groups is 1. The largest absolute Gasteiger partial charge is 0.368 e. The van der Waals surface area contributed by atoms with E-state index in [-0.39, 0.29) is 16.5 Å². The molecule has 1 aromatic heterocycles. The van der Waals surface area contributed by atoms with E-state index < -0.39 is 14.9 Å². The summed E-state index contributed by atoms with van der Waals surface area (Å²) in [5, 5.41) is 14.7. The van der Waals surface area contributed by atoms with E-state index in [0.29, 0.717) is 37.6 Å². The van der Waals surface area contributed by atoms with E-state index in [2.05, 4.69) is 9.68 Å². The smallest absolute Gasteiger partial charge is 0.271 e. The summed E-state index contributed by atoms with van der Waals surface area (Å²) in [6.07, 6.45) is 1.33. The van der Waals surface area contributed by atoms with Gasteiger partial charge in [0.25, 0.3) is 5.69 Å². The second kappa shape index (κ2) is 6.98. The number of piperazine rings is 1. The second-order valence-corrected chi connectivity index (χ2v) is 7.90. The molecule has 3 rings (SSSR count). The van der Waals surface area contributed by atoms with Crippen LogP contribution in [0.2, 0.25) is 5.02 Å². The van der Waals surface area contributed by atoms with Gasteiger partial charge in [0.05, 0.1) is 21.3 Å². The Morgan fingerprint density at radius 2 is 1.96 bits per heavy atom. The quantitative estimate of drug-likeness (QED) is 0.570. The van der Waals surface area contributed by atoms with Crippen molar-refractivity contribution in [2.45, 2.75) is 5.75 Å². The Morgan fingerprint density at radius 1 is 1.24 bits per heavy atom. The highest BCUT2D eigenvalue weighted by atomic mass is 35.5. The van der Waals surface area contributed by atoms with Crippen LogP contribution in [0, 0.1) is 10.1 Å². The Balaban J connectivity index is 1.66. The standard InChI is InChI=1S/C14H15ClN4O5S/c15-13-9-12(19(20)21)1-2-14(13)17-4-6-18(7-5-17)25(22,23)10-11-3-8-24-16-11/h1-3,8-9H,4-7,10H2. The van der Waals surface area contributed by atoms with Crippen LogP contribution >= 0.6 is 11.6 Å². The van der Waals surface area contributed by atoms with Crippen LogP contribution in [-0.4, -0.2) is 49.0 Å². The molecule has 0 radical (unpaired) electrons. The molecule has 0 amide bonds. The van der Waals surface area contributed by atoms with Crippen molar-refractivity contribution in [2.24, 2.45) is 0 Å². The van der Waals surface area contributed by atoms with Crippen molar-refractivity contribution in [3.63, 3.8) is 0 Å². The third-order valence-corrected chi connectivity index (χ3v) is 6.05. The van der Waals surface area contributed by atoms with Gasteiger partial charge in [0.15, 0.2) is 0 Å². The average Bonchev–Trinajstić information content (AvgIpc) is 3.07. The minimum absolute atomic E-state index is 0.0809. The Kier molecular flexibility index (Phi) is 4.93. The fraction of sp³-hybridized carbons (Fsp3) is 0.357. The third kappa shape index (κ3) is 3.91. The Hall–Kier alpha value is -2.17. The molecule has 2 aromatic rings. The lowest BCUT2D eigenvalue weighted by molar-refractivity contribution is -0.384. The van der Waals surface area contributed by atoms with Gasteiger partial charge < -0.3 is 9.42 Å². The summed E-state index contributed by atoms with van der Waals surface area (Å²) in [5.74, 6) is -0.207. The first-order valence-electron chi connectivity index (χ1n) is 7.43. The van der Waals surface area contributed by atoms with E-state index in [0.717, 1.165) is 0 Å². The number of anilines is 1. The maximum absolute atomic E-state index is 12.4. The maximum Gasteiger partial charge on any atom is 0.271 e. The van der Waals surface area contributed by atoms with E-state index in [1.165, 1.54) is 28.8 Å². The molecule has 25 heavy (non-hydrogen) atoms. The summed E-state index contributed by atoms with van der Waals surface area (Å²) in [4.78, 5) is 12.2. The number of non-ortho nitro benzene ring substituents is 1. The minimum Gasteiger partial charge on any atom is -0.368 e. The molecule has 0 spiro atoms. The molecule has 1 aliphatic rings. The lowest BCUT2D eigenvalue weighted by Crippen LogP contribution is -2.49. The molecule has 1 aromatic carbocycles. The number of hydrogen-bond donors (Lipinski definition) is 0. The summed E-state index contributed by atoms with van der Waals surface area (Å²) in [5.41, 5.74) is 0.934. The summed E-state index contributed by atoms with van der Waals surface area (Å²) in [7, 11) is -3.48. The number of sulfonamides is 1. The highest BCUT2D eigenvalue weighted by Crippen LogP contribution is 2.30. The van der Waals surface area contributed by atoms with Crippen LogP contribution in [0.3, 0.4) is 0 Å². The van der Waals surface area contributed by atoms with E-state index in [1.54, 1.807) is 6.07 Å². The number of aromatic nitrogens is 1. The predicted molar refractivity (Wildman–Crippen MR) is 91.0 cm³/mol. The van der Waals surface area contributed by atoms with Crippen molar-refractivity contribution in [1.29, 1.82) is 0 Å². The molecule has 1 saturated heterocycles. The van der Waals surface area contributed by atoms with Gasteiger partial charge in [0, 0.05) is 44.4 Å². The zero-order valence-corrected chi connectivity index (χ0v) is 14.6. The van der Waals surface area contributed by atoms with E-state index in [9.17, 15) is 18.5 Å². The number of benzene rings is 1. The van der Waals surface area contributed by atoms with E-state index >= 15 is 0 Å².